The number of amides is 2. The van der Waals surface area contributed by atoms with Crippen LogP contribution in [0.3, 0.4) is 0 Å². The molecule has 0 aromatic heterocycles. The van der Waals surface area contributed by atoms with Crippen LogP contribution in [0.5, 0.6) is 0 Å². The van der Waals surface area contributed by atoms with Crippen molar-refractivity contribution in [2.24, 2.45) is 5.73 Å². The van der Waals surface area contributed by atoms with Gasteiger partial charge < -0.3 is 16.4 Å². The second kappa shape index (κ2) is 7.27. The summed E-state index contributed by atoms with van der Waals surface area (Å²) in [7, 11) is 0. The Morgan fingerprint density at radius 1 is 1.29 bits per heavy atom. The first-order valence-electron chi connectivity index (χ1n) is 6.22. The van der Waals surface area contributed by atoms with E-state index in [4.69, 9.17) is 5.73 Å². The van der Waals surface area contributed by atoms with Crippen LogP contribution in [-0.2, 0) is 9.59 Å². The standard InChI is InChI=1S/C12H25N3O2/c1-5-7-12(4,13)11(17)15-9(3)10(16)14-8-6-2/h9H,5-8,13H2,1-4H3,(H,14,16)(H,15,17). The molecule has 2 atom stereocenters. The van der Waals surface area contributed by atoms with Gasteiger partial charge in [-0.15, -0.1) is 0 Å². The summed E-state index contributed by atoms with van der Waals surface area (Å²) in [6.07, 6.45) is 2.30. The summed E-state index contributed by atoms with van der Waals surface area (Å²) in [5.74, 6) is -0.453. The van der Waals surface area contributed by atoms with E-state index in [9.17, 15) is 9.59 Å². The Morgan fingerprint density at radius 3 is 2.35 bits per heavy atom. The Balaban J connectivity index is 4.23. The highest BCUT2D eigenvalue weighted by Gasteiger charge is 2.29. The molecule has 2 unspecified atom stereocenters. The molecular weight excluding hydrogens is 218 g/mol. The van der Waals surface area contributed by atoms with Crippen LogP contribution < -0.4 is 16.4 Å². The van der Waals surface area contributed by atoms with Gasteiger partial charge in [0.25, 0.3) is 0 Å². The lowest BCUT2D eigenvalue weighted by atomic mass is 9.96. The highest BCUT2D eigenvalue weighted by Crippen LogP contribution is 2.08. The van der Waals surface area contributed by atoms with Crippen molar-refractivity contribution < 1.29 is 9.59 Å². The van der Waals surface area contributed by atoms with Crippen molar-refractivity contribution in [2.75, 3.05) is 6.54 Å². The number of rotatable bonds is 7. The van der Waals surface area contributed by atoms with Crippen LogP contribution in [0.2, 0.25) is 0 Å². The molecule has 17 heavy (non-hydrogen) atoms. The number of hydrogen-bond donors (Lipinski definition) is 3. The number of nitrogens with one attached hydrogen (secondary N) is 2. The fraction of sp³-hybridized carbons (Fsp3) is 0.833. The molecule has 0 saturated heterocycles. The minimum absolute atomic E-state index is 0.174. The van der Waals surface area contributed by atoms with E-state index in [0.717, 1.165) is 12.8 Å². The van der Waals surface area contributed by atoms with Crippen molar-refractivity contribution >= 4 is 11.8 Å². The number of hydrogen-bond acceptors (Lipinski definition) is 3. The van der Waals surface area contributed by atoms with E-state index in [1.54, 1.807) is 13.8 Å². The van der Waals surface area contributed by atoms with Gasteiger partial charge in [-0.1, -0.05) is 20.3 Å². The molecule has 4 N–H and O–H groups in total. The molecule has 0 aromatic rings. The van der Waals surface area contributed by atoms with Crippen molar-refractivity contribution in [3.8, 4) is 0 Å². The van der Waals surface area contributed by atoms with E-state index in [2.05, 4.69) is 10.6 Å². The van der Waals surface area contributed by atoms with Gasteiger partial charge in [0.1, 0.15) is 6.04 Å². The van der Waals surface area contributed by atoms with E-state index < -0.39 is 11.6 Å². The van der Waals surface area contributed by atoms with Crippen LogP contribution in [0.15, 0.2) is 0 Å². The normalized spacial score (nSPS) is 15.8. The predicted molar refractivity (Wildman–Crippen MR) is 68.4 cm³/mol. The van der Waals surface area contributed by atoms with Crippen molar-refractivity contribution in [3.63, 3.8) is 0 Å². The molecular formula is C12H25N3O2. The lowest BCUT2D eigenvalue weighted by molar-refractivity contribution is -0.131. The summed E-state index contributed by atoms with van der Waals surface area (Å²) in [5.41, 5.74) is 4.97. The summed E-state index contributed by atoms with van der Waals surface area (Å²) < 4.78 is 0. The number of nitrogens with two attached hydrogens (primary N) is 1. The minimum atomic E-state index is -0.909. The van der Waals surface area contributed by atoms with Gasteiger partial charge in [-0.05, 0) is 26.7 Å². The topological polar surface area (TPSA) is 84.2 Å². The molecule has 0 aliphatic carbocycles. The summed E-state index contributed by atoms with van der Waals surface area (Å²) in [4.78, 5) is 23.4. The molecule has 0 saturated carbocycles. The third-order valence-electron chi connectivity index (χ3n) is 2.58. The maximum Gasteiger partial charge on any atom is 0.242 e. The molecule has 5 nitrogen and oxygen atoms in total. The van der Waals surface area contributed by atoms with E-state index in [0.29, 0.717) is 13.0 Å². The number of carbonyl (C=O) groups excluding carboxylic acids is 2. The zero-order chi connectivity index (χ0) is 13.5. The monoisotopic (exact) mass is 243 g/mol. The minimum Gasteiger partial charge on any atom is -0.354 e. The Bertz CT molecular complexity index is 264. The van der Waals surface area contributed by atoms with E-state index in [1.165, 1.54) is 0 Å². The molecule has 0 aliphatic rings. The fourth-order valence-corrected chi connectivity index (χ4v) is 1.46. The van der Waals surface area contributed by atoms with Crippen LogP contribution >= 0.6 is 0 Å². The first kappa shape index (κ1) is 15.9. The Kier molecular flexibility index (Phi) is 6.80. The Hall–Kier alpha value is -1.10. The molecule has 0 radical (unpaired) electrons. The van der Waals surface area contributed by atoms with E-state index in [-0.39, 0.29) is 11.8 Å². The van der Waals surface area contributed by atoms with Crippen LogP contribution in [0, 0.1) is 0 Å². The fourth-order valence-electron chi connectivity index (χ4n) is 1.46. The van der Waals surface area contributed by atoms with Gasteiger partial charge in [0.15, 0.2) is 0 Å². The summed E-state index contributed by atoms with van der Waals surface area (Å²) in [6, 6.07) is -0.547. The third-order valence-corrected chi connectivity index (χ3v) is 2.58. The van der Waals surface area contributed by atoms with Crippen molar-refractivity contribution in [2.45, 2.75) is 58.5 Å². The molecule has 0 heterocycles. The highest BCUT2D eigenvalue weighted by molar-refractivity contribution is 5.91. The third kappa shape index (κ3) is 5.68. The second-order valence-electron chi connectivity index (χ2n) is 4.65. The van der Waals surface area contributed by atoms with Crippen LogP contribution in [0.4, 0.5) is 0 Å². The maximum absolute atomic E-state index is 11.8. The van der Waals surface area contributed by atoms with Gasteiger partial charge in [-0.3, -0.25) is 9.59 Å². The quantitative estimate of drug-likeness (QED) is 0.610. The lowest BCUT2D eigenvalue weighted by Crippen LogP contribution is -2.56. The first-order chi connectivity index (χ1) is 7.85. The van der Waals surface area contributed by atoms with Crippen LogP contribution in [0.25, 0.3) is 0 Å². The van der Waals surface area contributed by atoms with E-state index >= 15 is 0 Å². The van der Waals surface area contributed by atoms with Gasteiger partial charge in [-0.2, -0.15) is 0 Å². The van der Waals surface area contributed by atoms with Crippen molar-refractivity contribution in [1.82, 2.24) is 10.6 Å². The number of carbonyl (C=O) groups is 2. The maximum atomic E-state index is 11.8. The zero-order valence-electron chi connectivity index (χ0n) is 11.3. The van der Waals surface area contributed by atoms with Gasteiger partial charge in [0.05, 0.1) is 5.54 Å². The average Bonchev–Trinajstić information content (AvgIpc) is 2.25. The molecule has 0 spiro atoms. The lowest BCUT2D eigenvalue weighted by Gasteiger charge is -2.25. The molecule has 5 heteroatoms. The highest BCUT2D eigenvalue weighted by atomic mass is 16.2. The summed E-state index contributed by atoms with van der Waals surface area (Å²) in [6.45, 7) is 7.90. The molecule has 0 aromatic carbocycles. The SMILES string of the molecule is CCCNC(=O)C(C)NC(=O)C(C)(N)CCC. The molecule has 0 aliphatic heterocycles. The molecule has 0 fully saturated rings. The largest absolute Gasteiger partial charge is 0.354 e. The van der Waals surface area contributed by atoms with Crippen LogP contribution in [0.1, 0.15) is 47.0 Å². The smallest absolute Gasteiger partial charge is 0.242 e. The van der Waals surface area contributed by atoms with E-state index in [1.807, 2.05) is 13.8 Å². The van der Waals surface area contributed by atoms with Gasteiger partial charge in [0.2, 0.25) is 11.8 Å². The zero-order valence-corrected chi connectivity index (χ0v) is 11.3. The van der Waals surface area contributed by atoms with Gasteiger partial charge >= 0.3 is 0 Å². The molecule has 2 amide bonds. The van der Waals surface area contributed by atoms with Crippen LogP contribution in [-0.4, -0.2) is 29.9 Å². The second-order valence-corrected chi connectivity index (χ2v) is 4.65. The van der Waals surface area contributed by atoms with Gasteiger partial charge in [0, 0.05) is 6.54 Å². The molecule has 0 bridgehead atoms. The predicted octanol–water partition coefficient (Wildman–Crippen LogP) is 0.535. The molecule has 100 valence electrons. The average molecular weight is 243 g/mol. The Morgan fingerprint density at radius 2 is 1.88 bits per heavy atom. The van der Waals surface area contributed by atoms with Gasteiger partial charge in [-0.25, -0.2) is 0 Å². The van der Waals surface area contributed by atoms with Crippen molar-refractivity contribution in [3.05, 3.63) is 0 Å². The summed E-state index contributed by atoms with van der Waals surface area (Å²) in [5, 5.41) is 5.36. The van der Waals surface area contributed by atoms with Crippen molar-refractivity contribution in [1.29, 1.82) is 0 Å². The summed E-state index contributed by atoms with van der Waals surface area (Å²) >= 11 is 0. The molecule has 0 rings (SSSR count). The first-order valence-corrected chi connectivity index (χ1v) is 6.22. The Labute approximate surface area is 104 Å².